The van der Waals surface area contributed by atoms with Crippen molar-refractivity contribution < 1.29 is 14.3 Å². The van der Waals surface area contributed by atoms with Gasteiger partial charge < -0.3 is 10.1 Å². The second-order valence-corrected chi connectivity index (χ2v) is 3.98. The van der Waals surface area contributed by atoms with Crippen molar-refractivity contribution in [2.45, 2.75) is 0 Å². The first-order valence-corrected chi connectivity index (χ1v) is 5.48. The van der Waals surface area contributed by atoms with E-state index in [1.165, 1.54) is 24.4 Å². The van der Waals surface area contributed by atoms with E-state index in [9.17, 15) is 9.18 Å². The number of benzene rings is 1. The van der Waals surface area contributed by atoms with Gasteiger partial charge in [0.15, 0.2) is 5.82 Å². The van der Waals surface area contributed by atoms with Gasteiger partial charge in [-0.1, -0.05) is 0 Å². The molecule has 19 heavy (non-hydrogen) atoms. The highest BCUT2D eigenvalue weighted by molar-refractivity contribution is 5.92. The van der Waals surface area contributed by atoms with Crippen LogP contribution in [0.1, 0.15) is 10.4 Å². The van der Waals surface area contributed by atoms with Gasteiger partial charge in [0.05, 0.1) is 28.4 Å². The maximum atomic E-state index is 13.6. The summed E-state index contributed by atoms with van der Waals surface area (Å²) in [7, 11) is 0. The normalized spacial score (nSPS) is 10.8. The molecule has 0 fully saturated rings. The van der Waals surface area contributed by atoms with Crippen LogP contribution in [0, 0.1) is 5.82 Å². The third-order valence-electron chi connectivity index (χ3n) is 2.76. The van der Waals surface area contributed by atoms with Gasteiger partial charge in [-0.15, -0.1) is 0 Å². The number of carbonyl (C=O) groups is 1. The predicted molar refractivity (Wildman–Crippen MR) is 66.2 cm³/mol. The van der Waals surface area contributed by atoms with Crippen molar-refractivity contribution in [3.8, 4) is 11.4 Å². The maximum absolute atomic E-state index is 13.6. The van der Waals surface area contributed by atoms with Crippen LogP contribution in [-0.2, 0) is 0 Å². The van der Waals surface area contributed by atoms with E-state index in [1.54, 1.807) is 6.07 Å². The molecule has 2 N–H and O–H groups in total. The highest BCUT2D eigenvalue weighted by Crippen LogP contribution is 2.22. The monoisotopic (exact) mass is 257 g/mol. The number of H-pyrrole nitrogens is 1. The van der Waals surface area contributed by atoms with Crippen LogP contribution >= 0.6 is 0 Å². The lowest BCUT2D eigenvalue weighted by Gasteiger charge is -1.96. The number of carboxylic acids is 1. The van der Waals surface area contributed by atoms with E-state index in [0.717, 1.165) is 6.20 Å². The fourth-order valence-electron chi connectivity index (χ4n) is 1.84. The minimum Gasteiger partial charge on any atom is -0.478 e. The molecule has 6 heteroatoms. The standard InChI is InChI=1S/C13H8FN3O2/c14-9-6-15-4-3-8(9)12-16-10-2-1-7(13(18)19)5-11(10)17-12/h1-6H,(H,16,17)(H,18,19). The number of nitrogens with one attached hydrogen (secondary N) is 1. The van der Waals surface area contributed by atoms with Gasteiger partial charge in [0, 0.05) is 6.20 Å². The summed E-state index contributed by atoms with van der Waals surface area (Å²) in [6.07, 6.45) is 2.57. The highest BCUT2D eigenvalue weighted by Gasteiger charge is 2.11. The van der Waals surface area contributed by atoms with Crippen LogP contribution in [0.5, 0.6) is 0 Å². The van der Waals surface area contributed by atoms with Gasteiger partial charge in [-0.25, -0.2) is 14.2 Å². The van der Waals surface area contributed by atoms with Crippen molar-refractivity contribution in [1.29, 1.82) is 0 Å². The van der Waals surface area contributed by atoms with Gasteiger partial charge in [-0.2, -0.15) is 0 Å². The summed E-state index contributed by atoms with van der Waals surface area (Å²) in [5.74, 6) is -1.16. The summed E-state index contributed by atoms with van der Waals surface area (Å²) >= 11 is 0. The molecule has 0 aliphatic rings. The number of aromatic amines is 1. The van der Waals surface area contributed by atoms with Crippen LogP contribution in [0.15, 0.2) is 36.7 Å². The number of fused-ring (bicyclic) bond motifs is 1. The van der Waals surface area contributed by atoms with Crippen molar-refractivity contribution >= 4 is 17.0 Å². The Morgan fingerprint density at radius 3 is 2.89 bits per heavy atom. The van der Waals surface area contributed by atoms with Gasteiger partial charge in [-0.3, -0.25) is 4.98 Å². The minimum atomic E-state index is -1.02. The Bertz CT molecular complexity index is 782. The second-order valence-electron chi connectivity index (χ2n) is 3.98. The minimum absolute atomic E-state index is 0.151. The van der Waals surface area contributed by atoms with Crippen molar-refractivity contribution in [2.75, 3.05) is 0 Å². The average molecular weight is 257 g/mol. The first-order valence-electron chi connectivity index (χ1n) is 5.48. The maximum Gasteiger partial charge on any atom is 0.335 e. The topological polar surface area (TPSA) is 78.9 Å². The largest absolute Gasteiger partial charge is 0.478 e. The molecular formula is C13H8FN3O2. The number of hydrogen-bond donors (Lipinski definition) is 2. The zero-order valence-corrected chi connectivity index (χ0v) is 9.59. The summed E-state index contributed by atoms with van der Waals surface area (Å²) in [4.78, 5) is 21.7. The smallest absolute Gasteiger partial charge is 0.335 e. The quantitative estimate of drug-likeness (QED) is 0.739. The highest BCUT2D eigenvalue weighted by atomic mass is 19.1. The van der Waals surface area contributed by atoms with Gasteiger partial charge in [-0.05, 0) is 24.3 Å². The first kappa shape index (κ1) is 11.3. The summed E-state index contributed by atoms with van der Waals surface area (Å²) < 4.78 is 13.6. The summed E-state index contributed by atoms with van der Waals surface area (Å²) in [5, 5.41) is 8.91. The van der Waals surface area contributed by atoms with Crippen LogP contribution in [0.3, 0.4) is 0 Å². The average Bonchev–Trinajstić information content (AvgIpc) is 2.81. The molecule has 3 rings (SSSR count). The Labute approximate surface area is 106 Å². The van der Waals surface area contributed by atoms with E-state index >= 15 is 0 Å². The Kier molecular flexibility index (Phi) is 2.49. The van der Waals surface area contributed by atoms with Crippen molar-refractivity contribution in [3.05, 3.63) is 48.0 Å². The lowest BCUT2D eigenvalue weighted by molar-refractivity contribution is 0.0697. The molecule has 3 aromatic rings. The number of halogens is 1. The van der Waals surface area contributed by atoms with Gasteiger partial charge in [0.1, 0.15) is 5.82 Å². The second kappa shape index (κ2) is 4.16. The molecule has 1 aromatic carbocycles. The zero-order valence-electron chi connectivity index (χ0n) is 9.59. The molecule has 0 bridgehead atoms. The van der Waals surface area contributed by atoms with Crippen molar-refractivity contribution in [1.82, 2.24) is 15.0 Å². The number of carboxylic acid groups (broad SMARTS) is 1. The zero-order chi connectivity index (χ0) is 13.4. The van der Waals surface area contributed by atoms with Gasteiger partial charge in [0.2, 0.25) is 0 Å². The number of nitrogens with zero attached hydrogens (tertiary/aromatic N) is 2. The lowest BCUT2D eigenvalue weighted by Crippen LogP contribution is -1.94. The number of imidazole rings is 1. The van der Waals surface area contributed by atoms with Crippen molar-refractivity contribution in [2.24, 2.45) is 0 Å². The van der Waals surface area contributed by atoms with E-state index in [0.29, 0.717) is 22.4 Å². The first-order chi connectivity index (χ1) is 9.15. The van der Waals surface area contributed by atoms with Crippen LogP contribution < -0.4 is 0 Å². The molecule has 0 radical (unpaired) electrons. The summed E-state index contributed by atoms with van der Waals surface area (Å²) in [5.41, 5.74) is 1.57. The molecule has 94 valence electrons. The van der Waals surface area contributed by atoms with Crippen LogP contribution in [0.25, 0.3) is 22.4 Å². The number of aromatic carboxylic acids is 1. The molecule has 0 aliphatic carbocycles. The SMILES string of the molecule is O=C(O)c1ccc2nc(-c3ccncc3F)[nH]c2c1. The molecule has 2 heterocycles. The molecular weight excluding hydrogens is 249 g/mol. The molecule has 0 amide bonds. The Balaban J connectivity index is 2.17. The molecule has 0 saturated carbocycles. The van der Waals surface area contributed by atoms with Crippen LogP contribution in [0.2, 0.25) is 0 Å². The fourth-order valence-corrected chi connectivity index (χ4v) is 1.84. The predicted octanol–water partition coefficient (Wildman–Crippen LogP) is 2.46. The molecule has 0 saturated heterocycles. The van der Waals surface area contributed by atoms with E-state index in [4.69, 9.17) is 5.11 Å². The summed E-state index contributed by atoms with van der Waals surface area (Å²) in [6, 6.07) is 6.01. The van der Waals surface area contributed by atoms with Gasteiger partial charge >= 0.3 is 5.97 Å². The van der Waals surface area contributed by atoms with Gasteiger partial charge in [0.25, 0.3) is 0 Å². The molecule has 0 spiro atoms. The Hall–Kier alpha value is -2.76. The summed E-state index contributed by atoms with van der Waals surface area (Å²) in [6.45, 7) is 0. The number of pyridine rings is 1. The van der Waals surface area contributed by atoms with E-state index in [2.05, 4.69) is 15.0 Å². The lowest BCUT2D eigenvalue weighted by atomic mass is 10.2. The third-order valence-corrected chi connectivity index (χ3v) is 2.76. The third kappa shape index (κ3) is 1.93. The van der Waals surface area contributed by atoms with Crippen LogP contribution in [-0.4, -0.2) is 26.0 Å². The van der Waals surface area contributed by atoms with E-state index < -0.39 is 11.8 Å². The molecule has 0 atom stereocenters. The molecule has 2 aromatic heterocycles. The number of rotatable bonds is 2. The number of aromatic nitrogens is 3. The van der Waals surface area contributed by atoms with Crippen molar-refractivity contribution in [3.63, 3.8) is 0 Å². The Morgan fingerprint density at radius 1 is 1.32 bits per heavy atom. The fraction of sp³-hybridized carbons (Fsp3) is 0. The number of hydrogen-bond acceptors (Lipinski definition) is 3. The Morgan fingerprint density at radius 2 is 2.16 bits per heavy atom. The van der Waals surface area contributed by atoms with Crippen LogP contribution in [0.4, 0.5) is 4.39 Å². The van der Waals surface area contributed by atoms with E-state index in [1.807, 2.05) is 0 Å². The molecule has 0 unspecified atom stereocenters. The molecule has 5 nitrogen and oxygen atoms in total. The van der Waals surface area contributed by atoms with E-state index in [-0.39, 0.29) is 5.56 Å². The molecule has 0 aliphatic heterocycles.